The number of carbonyl (C=O) groups is 2. The van der Waals surface area contributed by atoms with Crippen LogP contribution in [0.1, 0.15) is 20.8 Å². The number of carbonyl (C=O) groups excluding carboxylic acids is 2. The molecule has 1 amide bonds. The second-order valence-corrected chi connectivity index (χ2v) is 4.95. The predicted octanol–water partition coefficient (Wildman–Crippen LogP) is 2.06. The largest absolute Gasteiger partial charge is 0.471 e. The average Bonchev–Trinajstić information content (AvgIpc) is 2.21. The molecule has 0 fully saturated rings. The number of hydrogen-bond donors (Lipinski definition) is 1. The highest BCUT2D eigenvalue weighted by molar-refractivity contribution is 14.1. The summed E-state index contributed by atoms with van der Waals surface area (Å²) >= 11 is 1.92. The molecule has 0 unspecified atom stereocenters. The Bertz CT molecular complexity index is 307. The summed E-state index contributed by atoms with van der Waals surface area (Å²) in [4.78, 5) is 22.4. The summed E-state index contributed by atoms with van der Waals surface area (Å²) in [6.07, 6.45) is -5.47. The van der Waals surface area contributed by atoms with Crippen molar-refractivity contribution in [1.82, 2.24) is 5.32 Å². The van der Waals surface area contributed by atoms with E-state index in [9.17, 15) is 22.8 Å². The van der Waals surface area contributed by atoms with Crippen LogP contribution in [0.3, 0.4) is 0 Å². The zero-order valence-electron chi connectivity index (χ0n) is 10.2. The molecule has 18 heavy (non-hydrogen) atoms. The number of esters is 1. The molecule has 0 spiro atoms. The summed E-state index contributed by atoms with van der Waals surface area (Å²) in [7, 11) is 0. The first kappa shape index (κ1) is 17.5. The molecule has 0 aromatic heterocycles. The molecule has 0 saturated heterocycles. The number of rotatable bonds is 5. The van der Waals surface area contributed by atoms with Crippen LogP contribution in [-0.4, -0.2) is 34.6 Å². The van der Waals surface area contributed by atoms with Crippen LogP contribution in [-0.2, 0) is 14.3 Å². The van der Waals surface area contributed by atoms with Crippen molar-refractivity contribution in [2.75, 3.05) is 4.43 Å². The lowest BCUT2D eigenvalue weighted by atomic mass is 10.0. The van der Waals surface area contributed by atoms with Gasteiger partial charge in [0.05, 0.1) is 6.10 Å². The van der Waals surface area contributed by atoms with Gasteiger partial charge in [0.2, 0.25) is 0 Å². The second-order valence-electron chi connectivity index (χ2n) is 4.07. The Balaban J connectivity index is 4.80. The Hall–Kier alpha value is -0.540. The molecular weight excluding hydrogens is 366 g/mol. The monoisotopic (exact) mass is 381 g/mol. The van der Waals surface area contributed by atoms with Gasteiger partial charge in [0, 0.05) is 4.43 Å². The first-order valence-corrected chi connectivity index (χ1v) is 6.76. The smallest absolute Gasteiger partial charge is 0.461 e. The quantitative estimate of drug-likeness (QED) is 0.451. The lowest BCUT2D eigenvalue weighted by Crippen LogP contribution is -2.51. The van der Waals surface area contributed by atoms with Gasteiger partial charge in [-0.25, -0.2) is 4.79 Å². The molecule has 8 heteroatoms. The lowest BCUT2D eigenvalue weighted by molar-refractivity contribution is -0.176. The van der Waals surface area contributed by atoms with Gasteiger partial charge in [-0.15, -0.1) is 0 Å². The van der Waals surface area contributed by atoms with E-state index in [0.29, 0.717) is 4.43 Å². The van der Waals surface area contributed by atoms with Crippen molar-refractivity contribution in [3.8, 4) is 0 Å². The van der Waals surface area contributed by atoms with E-state index in [1.54, 1.807) is 26.1 Å². The normalized spacial score (nSPS) is 15.1. The molecule has 0 bridgehead atoms. The number of halogens is 4. The minimum atomic E-state index is -5.01. The Morgan fingerprint density at radius 3 is 2.11 bits per heavy atom. The Morgan fingerprint density at radius 1 is 1.28 bits per heavy atom. The molecule has 0 aromatic carbocycles. The summed E-state index contributed by atoms with van der Waals surface area (Å²) in [6.45, 7) is 4.72. The lowest BCUT2D eigenvalue weighted by Gasteiger charge is -2.23. The van der Waals surface area contributed by atoms with Gasteiger partial charge in [-0.1, -0.05) is 29.5 Å². The maximum absolute atomic E-state index is 12.1. The number of alkyl halides is 4. The number of hydrogen-bond acceptors (Lipinski definition) is 3. The zero-order chi connectivity index (χ0) is 14.5. The van der Waals surface area contributed by atoms with Crippen molar-refractivity contribution in [3.63, 3.8) is 0 Å². The average molecular weight is 381 g/mol. The van der Waals surface area contributed by atoms with Crippen molar-refractivity contribution in [1.29, 1.82) is 0 Å². The fourth-order valence-electron chi connectivity index (χ4n) is 1.05. The standard InChI is InChI=1S/C10H15F3INO3/c1-5(2)18-8(16)7(6(3)4-14)15-9(17)10(11,12)13/h5-7H,4H2,1-3H3,(H,15,17)/t6-,7+/m1/s1. The molecule has 0 aliphatic heterocycles. The molecule has 0 heterocycles. The van der Waals surface area contributed by atoms with E-state index in [0.717, 1.165) is 0 Å². The highest BCUT2D eigenvalue weighted by Gasteiger charge is 2.42. The Labute approximate surface area is 117 Å². The molecule has 4 nitrogen and oxygen atoms in total. The number of amides is 1. The molecule has 2 atom stereocenters. The van der Waals surface area contributed by atoms with Crippen molar-refractivity contribution < 1.29 is 27.5 Å². The van der Waals surface area contributed by atoms with E-state index in [-0.39, 0.29) is 0 Å². The van der Waals surface area contributed by atoms with E-state index in [1.165, 1.54) is 0 Å². The third-order valence-electron chi connectivity index (χ3n) is 1.96. The molecule has 0 radical (unpaired) electrons. The molecule has 0 aromatic rings. The van der Waals surface area contributed by atoms with Crippen LogP contribution in [0.5, 0.6) is 0 Å². The fraction of sp³-hybridized carbons (Fsp3) is 0.800. The van der Waals surface area contributed by atoms with Crippen molar-refractivity contribution in [2.45, 2.75) is 39.1 Å². The van der Waals surface area contributed by atoms with E-state index in [4.69, 9.17) is 4.74 Å². The molecule has 106 valence electrons. The minimum absolute atomic E-state index is 0.410. The first-order valence-electron chi connectivity index (χ1n) is 5.23. The molecule has 1 N–H and O–H groups in total. The SMILES string of the molecule is CC(C)OC(=O)[C@@H](NC(=O)C(F)(F)F)[C@H](C)CI. The third kappa shape index (κ3) is 5.87. The van der Waals surface area contributed by atoms with E-state index in [1.807, 2.05) is 22.6 Å². The zero-order valence-corrected chi connectivity index (χ0v) is 12.3. The summed E-state index contributed by atoms with van der Waals surface area (Å²) < 4.78 is 41.6. The predicted molar refractivity (Wildman–Crippen MR) is 67.3 cm³/mol. The highest BCUT2D eigenvalue weighted by atomic mass is 127. The molecule has 0 aliphatic carbocycles. The van der Waals surface area contributed by atoms with Gasteiger partial charge in [0.1, 0.15) is 6.04 Å². The van der Waals surface area contributed by atoms with Crippen LogP contribution < -0.4 is 5.32 Å². The maximum Gasteiger partial charge on any atom is 0.471 e. The van der Waals surface area contributed by atoms with Crippen LogP contribution in [0.4, 0.5) is 13.2 Å². The fourth-order valence-corrected chi connectivity index (χ4v) is 1.56. The number of ether oxygens (including phenoxy) is 1. The van der Waals surface area contributed by atoms with E-state index >= 15 is 0 Å². The van der Waals surface area contributed by atoms with Crippen LogP contribution in [0.2, 0.25) is 0 Å². The number of nitrogens with one attached hydrogen (secondary N) is 1. The van der Waals surface area contributed by atoms with Gasteiger partial charge in [0.15, 0.2) is 0 Å². The Morgan fingerprint density at radius 2 is 1.78 bits per heavy atom. The van der Waals surface area contributed by atoms with Crippen molar-refractivity contribution in [2.24, 2.45) is 5.92 Å². The van der Waals surface area contributed by atoms with Crippen molar-refractivity contribution in [3.05, 3.63) is 0 Å². The van der Waals surface area contributed by atoms with E-state index < -0.39 is 36.1 Å². The highest BCUT2D eigenvalue weighted by Crippen LogP contribution is 2.17. The second kappa shape index (κ2) is 7.15. The molecule has 0 aliphatic rings. The van der Waals surface area contributed by atoms with Gasteiger partial charge in [-0.05, 0) is 19.8 Å². The summed E-state index contributed by atoms with van der Waals surface area (Å²) in [5.74, 6) is -3.44. The topological polar surface area (TPSA) is 55.4 Å². The van der Waals surface area contributed by atoms with Crippen molar-refractivity contribution >= 4 is 34.5 Å². The minimum Gasteiger partial charge on any atom is -0.461 e. The maximum atomic E-state index is 12.1. The van der Waals surface area contributed by atoms with Crippen LogP contribution in [0, 0.1) is 5.92 Å². The molecule has 0 saturated carbocycles. The van der Waals surface area contributed by atoms with E-state index in [2.05, 4.69) is 0 Å². The van der Waals surface area contributed by atoms with Gasteiger partial charge in [-0.2, -0.15) is 13.2 Å². The molecular formula is C10H15F3INO3. The first-order chi connectivity index (χ1) is 8.09. The summed E-state index contributed by atoms with van der Waals surface area (Å²) in [5.41, 5.74) is 0. The Kier molecular flexibility index (Phi) is 6.93. The van der Waals surface area contributed by atoms with Gasteiger partial charge in [0.25, 0.3) is 0 Å². The van der Waals surface area contributed by atoms with Crippen LogP contribution in [0.15, 0.2) is 0 Å². The van der Waals surface area contributed by atoms with Crippen LogP contribution >= 0.6 is 22.6 Å². The van der Waals surface area contributed by atoms with Gasteiger partial charge < -0.3 is 10.1 Å². The van der Waals surface area contributed by atoms with Crippen LogP contribution in [0.25, 0.3) is 0 Å². The molecule has 0 rings (SSSR count). The summed E-state index contributed by atoms with van der Waals surface area (Å²) in [5, 5.41) is 1.67. The summed E-state index contributed by atoms with van der Waals surface area (Å²) in [6, 6.07) is -1.29. The van der Waals surface area contributed by atoms with Gasteiger partial charge >= 0.3 is 18.1 Å². The van der Waals surface area contributed by atoms with Gasteiger partial charge in [-0.3, -0.25) is 4.79 Å². The third-order valence-corrected chi connectivity index (χ3v) is 3.35.